The number of piperidine rings is 1. The van der Waals surface area contributed by atoms with Gasteiger partial charge in [-0.1, -0.05) is 0 Å². The molecule has 0 aromatic rings. The Kier molecular flexibility index (Phi) is 5.19. The number of nitrogens with zero attached hydrogens (tertiary/aromatic N) is 3. The first-order valence-corrected chi connectivity index (χ1v) is 7.49. The Morgan fingerprint density at radius 1 is 1.32 bits per heavy atom. The lowest BCUT2D eigenvalue weighted by molar-refractivity contribution is -0.138. The molecule has 2 rings (SSSR count). The Labute approximate surface area is 116 Å². The average molecular weight is 268 g/mol. The molecular weight excluding hydrogens is 240 g/mol. The van der Waals surface area contributed by atoms with Crippen molar-refractivity contribution >= 4 is 5.91 Å². The van der Waals surface area contributed by atoms with Crippen molar-refractivity contribution in [3.8, 4) is 0 Å². The van der Waals surface area contributed by atoms with Gasteiger partial charge in [-0.3, -0.25) is 9.69 Å². The van der Waals surface area contributed by atoms with Crippen LogP contribution in [-0.2, 0) is 4.79 Å². The van der Waals surface area contributed by atoms with E-state index in [0.717, 1.165) is 45.7 Å². The highest BCUT2D eigenvalue weighted by atomic mass is 16.2. The molecule has 0 bridgehead atoms. The predicted molar refractivity (Wildman–Crippen MR) is 77.2 cm³/mol. The number of nitrogens with one attached hydrogen (secondary N) is 1. The standard InChI is InChI=1S/C14H28N4O/c1-12(18-9-6-15-7-10-18)14(19)17(3)13-5-4-8-16(2)11-13/h12-13,15H,4-11H2,1-3H3. The molecule has 2 heterocycles. The maximum absolute atomic E-state index is 12.6. The zero-order valence-corrected chi connectivity index (χ0v) is 12.6. The minimum absolute atomic E-state index is 0.0133. The minimum Gasteiger partial charge on any atom is -0.340 e. The summed E-state index contributed by atoms with van der Waals surface area (Å²) < 4.78 is 0. The lowest BCUT2D eigenvalue weighted by Crippen LogP contribution is -2.56. The Morgan fingerprint density at radius 3 is 2.63 bits per heavy atom. The van der Waals surface area contributed by atoms with Gasteiger partial charge in [-0.05, 0) is 33.4 Å². The highest BCUT2D eigenvalue weighted by Gasteiger charge is 2.30. The quantitative estimate of drug-likeness (QED) is 0.771. The summed E-state index contributed by atoms with van der Waals surface area (Å²) in [6, 6.07) is 0.399. The highest BCUT2D eigenvalue weighted by molar-refractivity contribution is 5.81. The Bertz CT molecular complexity index is 304. The van der Waals surface area contributed by atoms with Crippen molar-refractivity contribution in [3.63, 3.8) is 0 Å². The van der Waals surface area contributed by atoms with Gasteiger partial charge in [0.2, 0.25) is 5.91 Å². The van der Waals surface area contributed by atoms with Gasteiger partial charge in [-0.25, -0.2) is 0 Å². The second-order valence-electron chi connectivity index (χ2n) is 5.97. The van der Waals surface area contributed by atoms with E-state index in [1.165, 1.54) is 6.42 Å². The van der Waals surface area contributed by atoms with Crippen LogP contribution in [0.25, 0.3) is 0 Å². The molecule has 0 aromatic carbocycles. The molecule has 2 saturated heterocycles. The fourth-order valence-electron chi connectivity index (χ4n) is 3.16. The van der Waals surface area contributed by atoms with Crippen LogP contribution in [0.15, 0.2) is 0 Å². The topological polar surface area (TPSA) is 38.8 Å². The molecule has 2 fully saturated rings. The first kappa shape index (κ1) is 14.8. The normalized spacial score (nSPS) is 28.1. The molecule has 2 aliphatic heterocycles. The van der Waals surface area contributed by atoms with Gasteiger partial charge in [0.1, 0.15) is 0 Å². The Morgan fingerprint density at radius 2 is 2.00 bits per heavy atom. The summed E-state index contributed by atoms with van der Waals surface area (Å²) >= 11 is 0. The SMILES string of the molecule is CC(C(=O)N(C)C1CCCN(C)C1)N1CCNCC1. The van der Waals surface area contributed by atoms with Gasteiger partial charge in [0.25, 0.3) is 0 Å². The lowest BCUT2D eigenvalue weighted by atomic mass is 10.0. The maximum atomic E-state index is 12.6. The van der Waals surface area contributed by atoms with Gasteiger partial charge >= 0.3 is 0 Å². The van der Waals surface area contributed by atoms with Crippen molar-refractivity contribution in [2.45, 2.75) is 31.8 Å². The number of piperazine rings is 1. The fraction of sp³-hybridized carbons (Fsp3) is 0.929. The molecule has 1 amide bonds. The molecule has 110 valence electrons. The third-order valence-corrected chi connectivity index (χ3v) is 4.55. The molecule has 0 aliphatic carbocycles. The van der Waals surface area contributed by atoms with Crippen molar-refractivity contribution in [3.05, 3.63) is 0 Å². The zero-order chi connectivity index (χ0) is 13.8. The van der Waals surface area contributed by atoms with Gasteiger partial charge in [-0.2, -0.15) is 0 Å². The van der Waals surface area contributed by atoms with E-state index in [-0.39, 0.29) is 11.9 Å². The summed E-state index contributed by atoms with van der Waals surface area (Å²) in [5, 5.41) is 3.33. The van der Waals surface area contributed by atoms with Crippen LogP contribution in [-0.4, -0.2) is 86.1 Å². The number of carbonyl (C=O) groups excluding carboxylic acids is 1. The van der Waals surface area contributed by atoms with E-state index >= 15 is 0 Å². The van der Waals surface area contributed by atoms with Crippen molar-refractivity contribution in [2.75, 3.05) is 53.4 Å². The summed E-state index contributed by atoms with van der Waals surface area (Å²) in [7, 11) is 4.12. The molecular formula is C14H28N4O. The van der Waals surface area contributed by atoms with Crippen LogP contribution < -0.4 is 5.32 Å². The molecule has 5 nitrogen and oxygen atoms in total. The average Bonchev–Trinajstić information content (AvgIpc) is 2.46. The van der Waals surface area contributed by atoms with E-state index in [1.54, 1.807) is 0 Å². The lowest BCUT2D eigenvalue weighted by Gasteiger charge is -2.39. The van der Waals surface area contributed by atoms with Crippen molar-refractivity contribution < 1.29 is 4.79 Å². The van der Waals surface area contributed by atoms with Crippen LogP contribution in [0.3, 0.4) is 0 Å². The number of likely N-dealkylation sites (N-methyl/N-ethyl adjacent to an activating group) is 2. The molecule has 2 atom stereocenters. The van der Waals surface area contributed by atoms with Crippen LogP contribution in [0.1, 0.15) is 19.8 Å². The van der Waals surface area contributed by atoms with E-state index in [1.807, 2.05) is 11.9 Å². The van der Waals surface area contributed by atoms with E-state index in [4.69, 9.17) is 0 Å². The predicted octanol–water partition coefficient (Wildman–Crippen LogP) is -0.167. The summed E-state index contributed by atoms with van der Waals surface area (Å²) in [4.78, 5) is 19.2. The van der Waals surface area contributed by atoms with Crippen LogP contribution in [0.5, 0.6) is 0 Å². The summed E-state index contributed by atoms with van der Waals surface area (Å²) in [5.41, 5.74) is 0. The molecule has 0 radical (unpaired) electrons. The van der Waals surface area contributed by atoms with Gasteiger partial charge in [0.15, 0.2) is 0 Å². The third kappa shape index (κ3) is 3.68. The van der Waals surface area contributed by atoms with Crippen LogP contribution in [0.4, 0.5) is 0 Å². The summed E-state index contributed by atoms with van der Waals surface area (Å²) in [5.74, 6) is 0.280. The van der Waals surface area contributed by atoms with Crippen LogP contribution in [0, 0.1) is 0 Å². The maximum Gasteiger partial charge on any atom is 0.239 e. The number of hydrogen-bond acceptors (Lipinski definition) is 4. The molecule has 2 aliphatic rings. The molecule has 0 spiro atoms. The van der Waals surface area contributed by atoms with Crippen LogP contribution in [0.2, 0.25) is 0 Å². The van der Waals surface area contributed by atoms with Gasteiger partial charge in [0, 0.05) is 45.8 Å². The zero-order valence-electron chi connectivity index (χ0n) is 12.6. The van der Waals surface area contributed by atoms with E-state index in [2.05, 4.69) is 29.1 Å². The smallest absolute Gasteiger partial charge is 0.239 e. The van der Waals surface area contributed by atoms with Gasteiger partial charge in [0.05, 0.1) is 6.04 Å². The van der Waals surface area contributed by atoms with Crippen molar-refractivity contribution in [1.82, 2.24) is 20.0 Å². The third-order valence-electron chi connectivity index (χ3n) is 4.55. The molecule has 2 unspecified atom stereocenters. The van der Waals surface area contributed by atoms with Crippen molar-refractivity contribution in [1.29, 1.82) is 0 Å². The first-order valence-electron chi connectivity index (χ1n) is 7.49. The first-order chi connectivity index (χ1) is 9.09. The van der Waals surface area contributed by atoms with Gasteiger partial charge < -0.3 is 15.1 Å². The van der Waals surface area contributed by atoms with E-state index < -0.39 is 0 Å². The number of carbonyl (C=O) groups is 1. The molecule has 0 aromatic heterocycles. The molecule has 1 N–H and O–H groups in total. The Balaban J connectivity index is 1.89. The summed E-state index contributed by atoms with van der Waals surface area (Å²) in [6.45, 7) is 8.16. The number of rotatable bonds is 3. The van der Waals surface area contributed by atoms with Gasteiger partial charge in [-0.15, -0.1) is 0 Å². The van der Waals surface area contributed by atoms with Crippen molar-refractivity contribution in [2.24, 2.45) is 0 Å². The largest absolute Gasteiger partial charge is 0.340 e. The number of amides is 1. The second-order valence-corrected chi connectivity index (χ2v) is 5.97. The highest BCUT2D eigenvalue weighted by Crippen LogP contribution is 2.15. The monoisotopic (exact) mass is 268 g/mol. The summed E-state index contributed by atoms with van der Waals surface area (Å²) in [6.07, 6.45) is 2.33. The second kappa shape index (κ2) is 6.68. The van der Waals surface area contributed by atoms with E-state index in [9.17, 15) is 4.79 Å². The fourth-order valence-corrected chi connectivity index (χ4v) is 3.16. The molecule has 5 heteroatoms. The number of likely N-dealkylation sites (tertiary alicyclic amines) is 1. The molecule has 0 saturated carbocycles. The molecule has 19 heavy (non-hydrogen) atoms. The number of hydrogen-bond donors (Lipinski definition) is 1. The Hall–Kier alpha value is -0.650. The van der Waals surface area contributed by atoms with Crippen LogP contribution >= 0.6 is 0 Å². The minimum atomic E-state index is 0.0133. The van der Waals surface area contributed by atoms with E-state index in [0.29, 0.717) is 6.04 Å².